The number of hydrogen-bond donors (Lipinski definition) is 1. The summed E-state index contributed by atoms with van der Waals surface area (Å²) in [5, 5.41) is 2.02. The minimum atomic E-state index is -5.37. The number of carbonyl (C=O) groups excluding carboxylic acids is 3. The van der Waals surface area contributed by atoms with Crippen molar-refractivity contribution in [2.75, 3.05) is 26.2 Å². The van der Waals surface area contributed by atoms with Gasteiger partial charge in [0.1, 0.15) is 17.2 Å². The Kier molecular flexibility index (Phi) is 8.64. The van der Waals surface area contributed by atoms with Crippen molar-refractivity contribution >= 4 is 17.8 Å². The number of amides is 2. The highest BCUT2D eigenvalue weighted by Crippen LogP contribution is 2.29. The van der Waals surface area contributed by atoms with Crippen molar-refractivity contribution in [3.63, 3.8) is 0 Å². The van der Waals surface area contributed by atoms with E-state index in [9.17, 15) is 45.5 Å². The summed E-state index contributed by atoms with van der Waals surface area (Å²) in [4.78, 5) is 56.0. The minimum absolute atomic E-state index is 0.0946. The van der Waals surface area contributed by atoms with E-state index in [2.05, 4.69) is 4.84 Å². The maximum Gasteiger partial charge on any atom is 0.498 e. The maximum absolute atomic E-state index is 14.8. The Labute approximate surface area is 240 Å². The summed E-state index contributed by atoms with van der Waals surface area (Å²) in [6.45, 7) is 0.913. The van der Waals surface area contributed by atoms with Gasteiger partial charge in [-0.1, -0.05) is 41.5 Å². The largest absolute Gasteiger partial charge is 0.498 e. The molecule has 0 atom stereocenters. The molecule has 0 radical (unpaired) electrons. The molecule has 2 aromatic carbocycles. The number of aromatic amines is 1. The minimum Gasteiger partial charge on any atom is -0.333 e. The highest BCUT2D eigenvalue weighted by Gasteiger charge is 2.46. The lowest BCUT2D eigenvalue weighted by atomic mass is 10.0. The Morgan fingerprint density at radius 2 is 1.65 bits per heavy atom. The molecule has 9 nitrogen and oxygen atoms in total. The molecule has 1 N–H and O–H groups in total. The highest BCUT2D eigenvalue weighted by molar-refractivity contribution is 5.97. The van der Waals surface area contributed by atoms with Crippen molar-refractivity contribution in [2.24, 2.45) is 0 Å². The average Bonchev–Trinajstić information content (AvgIpc) is 2.95. The summed E-state index contributed by atoms with van der Waals surface area (Å²) in [5.74, 6) is -8.58. The van der Waals surface area contributed by atoms with E-state index in [4.69, 9.17) is 0 Å². The van der Waals surface area contributed by atoms with Crippen LogP contribution >= 0.6 is 0 Å². The van der Waals surface area contributed by atoms with Crippen molar-refractivity contribution < 1.29 is 50.4 Å². The van der Waals surface area contributed by atoms with Crippen molar-refractivity contribution in [3.8, 4) is 0 Å². The van der Waals surface area contributed by atoms with Gasteiger partial charge in [0.2, 0.25) is 5.91 Å². The summed E-state index contributed by atoms with van der Waals surface area (Å²) >= 11 is 0. The monoisotopic (exact) mass is 611 g/mol. The zero-order valence-electron chi connectivity index (χ0n) is 22.8. The molecule has 0 aliphatic carbocycles. The smallest absolute Gasteiger partial charge is 0.333 e. The van der Waals surface area contributed by atoms with E-state index in [1.807, 2.05) is 5.10 Å². The standard InChI is InChI=1S/C28H24F6N4O5/c1-16-17(2)24(40)35-38(43-26(42)28(32,33)34)22(16)13-18-8-9-21(29)20(12-18)25(41)36-10-11-37(23(39)14-36)15-27(30,31)19-6-4-3-5-7-19/h3-9,12H,10-11,13-15H2,1-2H3/p+1. The lowest BCUT2D eigenvalue weighted by Gasteiger charge is -2.36. The van der Waals surface area contributed by atoms with Crippen LogP contribution in [0, 0.1) is 19.7 Å². The molecule has 0 saturated carbocycles. The predicted molar refractivity (Wildman–Crippen MR) is 136 cm³/mol. The van der Waals surface area contributed by atoms with Gasteiger partial charge in [-0.3, -0.25) is 14.4 Å². The van der Waals surface area contributed by atoms with Crippen LogP contribution in [0.1, 0.15) is 38.3 Å². The van der Waals surface area contributed by atoms with E-state index in [1.54, 1.807) is 6.07 Å². The maximum atomic E-state index is 14.8. The van der Waals surface area contributed by atoms with Crippen LogP contribution in [0.4, 0.5) is 26.3 Å². The van der Waals surface area contributed by atoms with Gasteiger partial charge >= 0.3 is 17.7 Å². The number of halogens is 6. The lowest BCUT2D eigenvalue weighted by Crippen LogP contribution is -2.58. The van der Waals surface area contributed by atoms with Crippen LogP contribution in [-0.4, -0.2) is 65.0 Å². The molecule has 1 aliphatic rings. The zero-order valence-corrected chi connectivity index (χ0v) is 22.8. The number of nitrogens with one attached hydrogen (secondary N) is 1. The highest BCUT2D eigenvalue weighted by atomic mass is 19.4. The second-order valence-electron chi connectivity index (χ2n) is 9.91. The van der Waals surface area contributed by atoms with Crippen LogP contribution in [0.25, 0.3) is 0 Å². The van der Waals surface area contributed by atoms with Crippen molar-refractivity contribution in [2.45, 2.75) is 32.4 Å². The van der Waals surface area contributed by atoms with Gasteiger partial charge in [0, 0.05) is 29.8 Å². The van der Waals surface area contributed by atoms with E-state index in [0.29, 0.717) is 0 Å². The SMILES string of the molecule is Cc1c(C)c(=O)[nH][n+](OC(=O)C(F)(F)F)c1Cc1ccc(F)c(C(=O)N2CCN(CC(F)(F)c3ccccc3)C(=O)C2)c1. The first-order valence-electron chi connectivity index (χ1n) is 12.8. The third-order valence-electron chi connectivity index (χ3n) is 7.01. The van der Waals surface area contributed by atoms with E-state index in [-0.39, 0.29) is 52.3 Å². The summed E-state index contributed by atoms with van der Waals surface area (Å²) in [7, 11) is 0. The molecule has 0 unspecified atom stereocenters. The second kappa shape index (κ2) is 11.9. The van der Waals surface area contributed by atoms with Crippen LogP contribution in [0.3, 0.4) is 0 Å². The molecule has 3 aromatic rings. The van der Waals surface area contributed by atoms with Crippen LogP contribution in [0.15, 0.2) is 53.3 Å². The summed E-state index contributed by atoms with van der Waals surface area (Å²) < 4.78 is 82.7. The molecule has 2 heterocycles. The lowest BCUT2D eigenvalue weighted by molar-refractivity contribution is -0.921. The Balaban J connectivity index is 1.53. The van der Waals surface area contributed by atoms with Gasteiger partial charge in [-0.05, 0) is 31.5 Å². The first-order valence-corrected chi connectivity index (χ1v) is 12.8. The van der Waals surface area contributed by atoms with Gasteiger partial charge in [-0.2, -0.15) is 26.8 Å². The number of benzene rings is 2. The van der Waals surface area contributed by atoms with Crippen LogP contribution in [0.2, 0.25) is 0 Å². The Morgan fingerprint density at radius 1 is 0.977 bits per heavy atom. The molecule has 4 rings (SSSR count). The topological polar surface area (TPSA) is 104 Å². The fourth-order valence-corrected chi connectivity index (χ4v) is 4.47. The van der Waals surface area contributed by atoms with Gasteiger partial charge in [0.15, 0.2) is 0 Å². The second-order valence-corrected chi connectivity index (χ2v) is 9.91. The molecule has 15 heteroatoms. The van der Waals surface area contributed by atoms with Gasteiger partial charge in [0.05, 0.1) is 18.5 Å². The van der Waals surface area contributed by atoms with E-state index >= 15 is 0 Å². The summed E-state index contributed by atoms with van der Waals surface area (Å²) in [6.07, 6.45) is -5.68. The fourth-order valence-electron chi connectivity index (χ4n) is 4.47. The number of alkyl halides is 5. The molecule has 0 bridgehead atoms. The Morgan fingerprint density at radius 3 is 2.28 bits per heavy atom. The normalized spacial score (nSPS) is 14.2. The van der Waals surface area contributed by atoms with Crippen molar-refractivity contribution in [3.05, 3.63) is 98.2 Å². The number of nitrogens with zero attached hydrogens (tertiary/aromatic N) is 3. The van der Waals surface area contributed by atoms with Crippen LogP contribution in [-0.2, 0) is 21.9 Å². The van der Waals surface area contributed by atoms with E-state index < -0.39 is 59.9 Å². The quantitative estimate of drug-likeness (QED) is 0.327. The average molecular weight is 612 g/mol. The van der Waals surface area contributed by atoms with Crippen molar-refractivity contribution in [1.29, 1.82) is 0 Å². The molecule has 0 spiro atoms. The fraction of sp³-hybridized carbons (Fsp3) is 0.321. The molecule has 1 aromatic heterocycles. The van der Waals surface area contributed by atoms with E-state index in [0.717, 1.165) is 21.9 Å². The van der Waals surface area contributed by atoms with Gasteiger partial charge in [0.25, 0.3) is 17.5 Å². The molecule has 43 heavy (non-hydrogen) atoms. The van der Waals surface area contributed by atoms with Gasteiger partial charge in [-0.15, -0.1) is 0 Å². The van der Waals surface area contributed by atoms with Crippen molar-refractivity contribution in [1.82, 2.24) is 14.9 Å². The Hall–Kier alpha value is -4.69. The molecule has 1 aliphatic heterocycles. The molecule has 2 amide bonds. The summed E-state index contributed by atoms with van der Waals surface area (Å²) in [6, 6.07) is 10.2. The summed E-state index contributed by atoms with van der Waals surface area (Å²) in [5.41, 5.74) is -1.21. The number of carbonyl (C=O) groups is 3. The first-order chi connectivity index (χ1) is 20.1. The zero-order chi connectivity index (χ0) is 31.7. The van der Waals surface area contributed by atoms with Crippen LogP contribution < -0.4 is 15.2 Å². The molecular formula is C28H25F6N4O5+. The number of rotatable bonds is 7. The number of piperazine rings is 1. The Bertz CT molecular complexity index is 1620. The van der Waals surface area contributed by atoms with Gasteiger partial charge in [-0.25, -0.2) is 9.18 Å². The third-order valence-corrected chi connectivity index (χ3v) is 7.01. The van der Waals surface area contributed by atoms with Gasteiger partial charge < -0.3 is 9.80 Å². The number of H-pyrrole nitrogens is 1. The first kappa shape index (κ1) is 31.3. The molecule has 228 valence electrons. The predicted octanol–water partition coefficient (Wildman–Crippen LogP) is 2.60. The molecule has 1 fully saturated rings. The van der Waals surface area contributed by atoms with Crippen LogP contribution in [0.5, 0.6) is 0 Å². The number of aromatic nitrogens is 2. The third kappa shape index (κ3) is 6.87. The molecule has 1 saturated heterocycles. The van der Waals surface area contributed by atoms with E-state index in [1.165, 1.54) is 44.2 Å². The molecular weight excluding hydrogens is 586 g/mol. The number of hydrogen-bond acceptors (Lipinski definition) is 5.